The zero-order chi connectivity index (χ0) is 12.7. The van der Waals surface area contributed by atoms with Gasteiger partial charge in [0.2, 0.25) is 0 Å². The molecule has 0 atom stereocenters. The van der Waals surface area contributed by atoms with E-state index in [1.54, 1.807) is 12.1 Å². The van der Waals surface area contributed by atoms with Crippen molar-refractivity contribution in [3.8, 4) is 0 Å². The summed E-state index contributed by atoms with van der Waals surface area (Å²) < 4.78 is 0. The van der Waals surface area contributed by atoms with Gasteiger partial charge in [0, 0.05) is 7.11 Å². The highest BCUT2D eigenvalue weighted by Gasteiger charge is 2.08. The molecule has 0 aliphatic rings. The molecule has 3 nitrogen and oxygen atoms in total. The van der Waals surface area contributed by atoms with Crippen molar-refractivity contribution in [3.63, 3.8) is 0 Å². The summed E-state index contributed by atoms with van der Waals surface area (Å²) in [5.41, 5.74) is 2.59. The van der Waals surface area contributed by atoms with Gasteiger partial charge < -0.3 is 10.2 Å². The summed E-state index contributed by atoms with van der Waals surface area (Å²) in [5.74, 6) is -0.471. The fourth-order valence-electron chi connectivity index (χ4n) is 1.38. The minimum Gasteiger partial charge on any atom is -0.478 e. The Bertz CT molecular complexity index is 343. The average Bonchev–Trinajstić information content (AvgIpc) is 2.30. The predicted octanol–water partition coefficient (Wildman–Crippen LogP) is 2.68. The minimum absolute atomic E-state index is 0.375. The Kier molecular flexibility index (Phi) is 6.42. The number of aryl methyl sites for hydroxylation is 1. The Labute approximate surface area is 96.7 Å². The van der Waals surface area contributed by atoms with Crippen LogP contribution in [0.2, 0.25) is 0 Å². The molecule has 0 saturated carbocycles. The first kappa shape index (κ1) is 14.6. The smallest absolute Gasteiger partial charge is 0.335 e. The molecule has 0 amide bonds. The molecule has 3 heteroatoms. The lowest BCUT2D eigenvalue weighted by Crippen LogP contribution is -2.00. The van der Waals surface area contributed by atoms with Gasteiger partial charge in [0.15, 0.2) is 0 Å². The molecule has 0 unspecified atom stereocenters. The second-order valence-corrected chi connectivity index (χ2v) is 3.78. The van der Waals surface area contributed by atoms with Gasteiger partial charge in [-0.25, -0.2) is 4.79 Å². The first-order chi connectivity index (χ1) is 7.54. The maximum atomic E-state index is 10.8. The molecular formula is C13H20O3. The van der Waals surface area contributed by atoms with Gasteiger partial charge in [-0.3, -0.25) is 0 Å². The normalized spacial score (nSPS) is 9.62. The Hall–Kier alpha value is -1.35. The maximum Gasteiger partial charge on any atom is 0.335 e. The number of hydrogen-bond donors (Lipinski definition) is 2. The Balaban J connectivity index is 0.00000106. The second kappa shape index (κ2) is 7.01. The van der Waals surface area contributed by atoms with E-state index in [1.807, 2.05) is 6.92 Å². The van der Waals surface area contributed by atoms with Crippen molar-refractivity contribution in [2.75, 3.05) is 7.11 Å². The Morgan fingerprint density at radius 3 is 2.19 bits per heavy atom. The summed E-state index contributed by atoms with van der Waals surface area (Å²) in [4.78, 5) is 10.8. The van der Waals surface area contributed by atoms with Gasteiger partial charge in [-0.05, 0) is 35.6 Å². The fourth-order valence-corrected chi connectivity index (χ4v) is 1.38. The van der Waals surface area contributed by atoms with E-state index in [4.69, 9.17) is 10.2 Å². The van der Waals surface area contributed by atoms with Gasteiger partial charge in [-0.15, -0.1) is 0 Å². The highest BCUT2D eigenvalue weighted by molar-refractivity contribution is 5.88. The van der Waals surface area contributed by atoms with E-state index in [2.05, 4.69) is 19.9 Å². The second-order valence-electron chi connectivity index (χ2n) is 3.78. The van der Waals surface area contributed by atoms with Crippen LogP contribution in [0.5, 0.6) is 0 Å². The van der Waals surface area contributed by atoms with E-state index in [0.717, 1.165) is 24.7 Å². The van der Waals surface area contributed by atoms with E-state index < -0.39 is 5.97 Å². The summed E-state index contributed by atoms with van der Waals surface area (Å²) in [7, 11) is 1.00. The van der Waals surface area contributed by atoms with E-state index >= 15 is 0 Å². The lowest BCUT2D eigenvalue weighted by Gasteiger charge is -2.09. The zero-order valence-electron chi connectivity index (χ0n) is 10.3. The van der Waals surface area contributed by atoms with Crippen LogP contribution in [0.1, 0.15) is 48.2 Å². The molecule has 0 aliphatic carbocycles. The molecule has 2 N–H and O–H groups in total. The number of aliphatic hydroxyl groups excluding tert-OH is 1. The van der Waals surface area contributed by atoms with Crippen LogP contribution >= 0.6 is 0 Å². The SMILES string of the molecule is CCc1cc(C(=O)O)cc(C(C)C)c1.CO. The molecule has 0 radical (unpaired) electrons. The zero-order valence-corrected chi connectivity index (χ0v) is 10.3. The first-order valence-corrected chi connectivity index (χ1v) is 5.36. The molecule has 0 fully saturated rings. The number of aliphatic hydroxyl groups is 1. The van der Waals surface area contributed by atoms with Gasteiger partial charge in [-0.2, -0.15) is 0 Å². The monoisotopic (exact) mass is 224 g/mol. The summed E-state index contributed by atoms with van der Waals surface area (Å²) in [6, 6.07) is 5.58. The van der Waals surface area contributed by atoms with Crippen LogP contribution in [-0.4, -0.2) is 23.3 Å². The quantitative estimate of drug-likeness (QED) is 0.829. The summed E-state index contributed by atoms with van der Waals surface area (Å²) >= 11 is 0. The number of benzene rings is 1. The number of aromatic carboxylic acids is 1. The molecule has 0 heterocycles. The third kappa shape index (κ3) is 4.03. The third-order valence-electron chi connectivity index (χ3n) is 2.34. The number of carboxylic acids is 1. The fraction of sp³-hybridized carbons (Fsp3) is 0.462. The third-order valence-corrected chi connectivity index (χ3v) is 2.34. The van der Waals surface area contributed by atoms with E-state index in [9.17, 15) is 4.79 Å². The van der Waals surface area contributed by atoms with Crippen molar-refractivity contribution in [3.05, 3.63) is 34.9 Å². The van der Waals surface area contributed by atoms with Gasteiger partial charge >= 0.3 is 5.97 Å². The molecule has 90 valence electrons. The van der Waals surface area contributed by atoms with Crippen LogP contribution in [0, 0.1) is 0 Å². The molecule has 0 aromatic heterocycles. The summed E-state index contributed by atoms with van der Waals surface area (Å²) in [6.45, 7) is 6.17. The number of carboxylic acid groups (broad SMARTS) is 1. The van der Waals surface area contributed by atoms with Crippen LogP contribution < -0.4 is 0 Å². The van der Waals surface area contributed by atoms with Crippen LogP contribution in [0.25, 0.3) is 0 Å². The maximum absolute atomic E-state index is 10.8. The summed E-state index contributed by atoms with van der Waals surface area (Å²) in [6.07, 6.45) is 0.876. The Morgan fingerprint density at radius 1 is 1.25 bits per heavy atom. The highest BCUT2D eigenvalue weighted by atomic mass is 16.4. The molecule has 1 rings (SSSR count). The number of rotatable bonds is 3. The number of hydrogen-bond acceptors (Lipinski definition) is 2. The van der Waals surface area contributed by atoms with Crippen LogP contribution in [0.4, 0.5) is 0 Å². The van der Waals surface area contributed by atoms with Crippen molar-refractivity contribution in [2.45, 2.75) is 33.1 Å². The minimum atomic E-state index is -0.845. The average molecular weight is 224 g/mol. The van der Waals surface area contributed by atoms with Gasteiger partial charge in [0.25, 0.3) is 0 Å². The van der Waals surface area contributed by atoms with Gasteiger partial charge in [0.05, 0.1) is 5.56 Å². The topological polar surface area (TPSA) is 57.5 Å². The van der Waals surface area contributed by atoms with Gasteiger partial charge in [0.1, 0.15) is 0 Å². The van der Waals surface area contributed by atoms with E-state index in [1.165, 1.54) is 0 Å². The Morgan fingerprint density at radius 2 is 1.81 bits per heavy atom. The molecule has 1 aromatic carbocycles. The first-order valence-electron chi connectivity index (χ1n) is 5.36. The molecule has 0 aliphatic heterocycles. The molecule has 0 bridgehead atoms. The van der Waals surface area contributed by atoms with Crippen molar-refractivity contribution in [1.82, 2.24) is 0 Å². The van der Waals surface area contributed by atoms with Crippen molar-refractivity contribution in [2.24, 2.45) is 0 Å². The molecule has 1 aromatic rings. The molecule has 0 saturated heterocycles. The molecule has 0 spiro atoms. The standard InChI is InChI=1S/C12H16O2.CH4O/c1-4-9-5-10(8(2)3)7-11(6-9)12(13)14;1-2/h5-8H,4H2,1-3H3,(H,13,14);2H,1H3. The summed E-state index contributed by atoms with van der Waals surface area (Å²) in [5, 5.41) is 15.9. The molecular weight excluding hydrogens is 204 g/mol. The van der Waals surface area contributed by atoms with Crippen LogP contribution in [0.15, 0.2) is 18.2 Å². The van der Waals surface area contributed by atoms with Crippen molar-refractivity contribution in [1.29, 1.82) is 0 Å². The van der Waals surface area contributed by atoms with Crippen LogP contribution in [-0.2, 0) is 6.42 Å². The van der Waals surface area contributed by atoms with Crippen LogP contribution in [0.3, 0.4) is 0 Å². The van der Waals surface area contributed by atoms with E-state index in [-0.39, 0.29) is 0 Å². The lowest BCUT2D eigenvalue weighted by atomic mass is 9.97. The highest BCUT2D eigenvalue weighted by Crippen LogP contribution is 2.18. The largest absolute Gasteiger partial charge is 0.478 e. The number of carbonyl (C=O) groups is 1. The van der Waals surface area contributed by atoms with Crippen molar-refractivity contribution < 1.29 is 15.0 Å². The molecule has 16 heavy (non-hydrogen) atoms. The predicted molar refractivity (Wildman–Crippen MR) is 65.0 cm³/mol. The van der Waals surface area contributed by atoms with Gasteiger partial charge in [-0.1, -0.05) is 26.8 Å². The van der Waals surface area contributed by atoms with Crippen molar-refractivity contribution >= 4 is 5.97 Å². The van der Waals surface area contributed by atoms with E-state index in [0.29, 0.717) is 11.5 Å². The lowest BCUT2D eigenvalue weighted by molar-refractivity contribution is 0.0696.